The number of ether oxygens (including phenoxy) is 1. The molecule has 0 aliphatic rings. The number of hydrogen-bond donors (Lipinski definition) is 2. The predicted molar refractivity (Wildman–Crippen MR) is 93.0 cm³/mol. The molecule has 2 N–H and O–H groups in total. The lowest BCUT2D eigenvalue weighted by Gasteiger charge is -2.16. The fourth-order valence-electron chi connectivity index (χ4n) is 2.02. The summed E-state index contributed by atoms with van der Waals surface area (Å²) in [6.07, 6.45) is 0. The van der Waals surface area contributed by atoms with Crippen LogP contribution in [0.5, 0.6) is 5.75 Å². The average Bonchev–Trinajstić information content (AvgIpc) is 2.57. The Balaban J connectivity index is 1.65. The third kappa shape index (κ3) is 7.01. The minimum Gasteiger partial charge on any atom is -0.492 e. The van der Waals surface area contributed by atoms with Crippen molar-refractivity contribution in [3.05, 3.63) is 60.4 Å². The van der Waals surface area contributed by atoms with Gasteiger partial charge in [0, 0.05) is 12.2 Å². The second-order valence-electron chi connectivity index (χ2n) is 5.41. The molecular weight excluding hydrogens is 325 g/mol. The molecule has 7 heteroatoms. The van der Waals surface area contributed by atoms with Gasteiger partial charge in [-0.2, -0.15) is 0 Å². The molecule has 0 aliphatic heterocycles. The summed E-state index contributed by atoms with van der Waals surface area (Å²) in [5.41, 5.74) is 0.605. The molecule has 0 aliphatic carbocycles. The molecule has 2 aromatic carbocycles. The third-order valence-electron chi connectivity index (χ3n) is 3.25. The lowest BCUT2D eigenvalue weighted by molar-refractivity contribution is -0.120. The molecule has 0 fully saturated rings. The van der Waals surface area contributed by atoms with Crippen molar-refractivity contribution in [3.63, 3.8) is 0 Å². The number of hydrogen-bond acceptors (Lipinski definition) is 4. The van der Waals surface area contributed by atoms with Gasteiger partial charge in [-0.3, -0.25) is 15.0 Å². The first-order chi connectivity index (χ1) is 12.0. The van der Waals surface area contributed by atoms with E-state index in [1.54, 1.807) is 36.2 Å². The summed E-state index contributed by atoms with van der Waals surface area (Å²) in [4.78, 5) is 25.3. The molecule has 0 aromatic heterocycles. The highest BCUT2D eigenvalue weighted by Crippen LogP contribution is 2.10. The van der Waals surface area contributed by atoms with Crippen molar-refractivity contribution in [1.29, 1.82) is 0 Å². The molecule has 0 atom stereocenters. The average molecular weight is 345 g/mol. The van der Waals surface area contributed by atoms with Gasteiger partial charge in [-0.25, -0.2) is 9.18 Å². The maximum atomic E-state index is 12.8. The molecule has 6 nitrogen and oxygen atoms in total. The number of nitrogens with zero attached hydrogens (tertiary/aromatic N) is 1. The maximum Gasteiger partial charge on any atom is 0.325 e. The maximum absolute atomic E-state index is 12.8. The van der Waals surface area contributed by atoms with E-state index in [1.807, 2.05) is 6.07 Å². The third-order valence-corrected chi connectivity index (χ3v) is 3.25. The van der Waals surface area contributed by atoms with Gasteiger partial charge in [0.25, 0.3) is 0 Å². The van der Waals surface area contributed by atoms with Gasteiger partial charge in [0.15, 0.2) is 0 Å². The van der Waals surface area contributed by atoms with Crippen LogP contribution in [0.1, 0.15) is 0 Å². The zero-order valence-corrected chi connectivity index (χ0v) is 13.9. The normalized spacial score (nSPS) is 10.4. The molecular formula is C18H20FN3O3. The van der Waals surface area contributed by atoms with Crippen molar-refractivity contribution in [1.82, 2.24) is 10.2 Å². The summed E-state index contributed by atoms with van der Waals surface area (Å²) >= 11 is 0. The highest BCUT2D eigenvalue weighted by Gasteiger charge is 2.10. The smallest absolute Gasteiger partial charge is 0.325 e. The van der Waals surface area contributed by atoms with Crippen molar-refractivity contribution in [3.8, 4) is 5.75 Å². The zero-order valence-electron chi connectivity index (χ0n) is 13.9. The topological polar surface area (TPSA) is 70.7 Å². The van der Waals surface area contributed by atoms with E-state index in [4.69, 9.17) is 4.74 Å². The Bertz CT molecular complexity index is 692. The van der Waals surface area contributed by atoms with Crippen molar-refractivity contribution in [2.75, 3.05) is 32.1 Å². The Labute approximate surface area is 145 Å². The number of anilines is 1. The predicted octanol–water partition coefficient (Wildman–Crippen LogP) is 2.48. The Morgan fingerprint density at radius 1 is 1.08 bits per heavy atom. The molecule has 132 valence electrons. The number of carbonyl (C=O) groups is 2. The summed E-state index contributed by atoms with van der Waals surface area (Å²) in [6.45, 7) is 0.867. The Kier molecular flexibility index (Phi) is 6.91. The first-order valence-corrected chi connectivity index (χ1v) is 7.76. The van der Waals surface area contributed by atoms with E-state index in [9.17, 15) is 14.0 Å². The van der Waals surface area contributed by atoms with E-state index in [2.05, 4.69) is 10.6 Å². The number of carbonyl (C=O) groups excluding carboxylic acids is 2. The van der Waals surface area contributed by atoms with Gasteiger partial charge in [0.05, 0.1) is 6.54 Å². The van der Waals surface area contributed by atoms with Crippen LogP contribution in [-0.2, 0) is 4.79 Å². The fraction of sp³-hybridized carbons (Fsp3) is 0.222. The van der Waals surface area contributed by atoms with Crippen LogP contribution in [0.15, 0.2) is 54.6 Å². The number of halogens is 1. The summed E-state index contributed by atoms with van der Waals surface area (Å²) in [7, 11) is 1.74. The molecule has 0 spiro atoms. The summed E-state index contributed by atoms with van der Waals surface area (Å²) in [5, 5.41) is 4.83. The molecule has 2 rings (SSSR count). The van der Waals surface area contributed by atoms with Crippen LogP contribution in [0.2, 0.25) is 0 Å². The summed E-state index contributed by atoms with van der Waals surface area (Å²) < 4.78 is 18.2. The van der Waals surface area contributed by atoms with E-state index in [0.29, 0.717) is 24.6 Å². The molecule has 0 saturated heterocycles. The van der Waals surface area contributed by atoms with Gasteiger partial charge in [0.2, 0.25) is 5.91 Å². The lowest BCUT2D eigenvalue weighted by atomic mass is 10.3. The van der Waals surface area contributed by atoms with Gasteiger partial charge in [0.1, 0.15) is 18.2 Å². The molecule has 0 radical (unpaired) electrons. The second-order valence-corrected chi connectivity index (χ2v) is 5.41. The number of amides is 3. The lowest BCUT2D eigenvalue weighted by Crippen LogP contribution is -2.41. The van der Waals surface area contributed by atoms with Gasteiger partial charge >= 0.3 is 6.03 Å². The molecule has 3 amide bonds. The van der Waals surface area contributed by atoms with Crippen LogP contribution in [0.4, 0.5) is 14.9 Å². The van der Waals surface area contributed by atoms with Crippen LogP contribution < -0.4 is 15.4 Å². The van der Waals surface area contributed by atoms with Gasteiger partial charge in [-0.15, -0.1) is 0 Å². The van der Waals surface area contributed by atoms with E-state index in [1.165, 1.54) is 24.3 Å². The van der Waals surface area contributed by atoms with Gasteiger partial charge < -0.3 is 10.1 Å². The standard InChI is InChI=1S/C18H20FN3O3/c1-22(11-12-25-16-9-7-14(19)8-10-16)13-17(23)21-18(24)20-15-5-3-2-4-6-15/h2-10H,11-13H2,1H3,(H2,20,21,23,24). The first-order valence-electron chi connectivity index (χ1n) is 7.76. The van der Waals surface area contributed by atoms with Crippen LogP contribution in [0, 0.1) is 5.82 Å². The number of nitrogens with one attached hydrogen (secondary N) is 2. The van der Waals surface area contributed by atoms with Crippen molar-refractivity contribution < 1.29 is 18.7 Å². The van der Waals surface area contributed by atoms with Crippen LogP contribution in [0.3, 0.4) is 0 Å². The highest BCUT2D eigenvalue weighted by molar-refractivity contribution is 6.01. The number of imide groups is 1. The van der Waals surface area contributed by atoms with Gasteiger partial charge in [-0.05, 0) is 43.4 Å². The van der Waals surface area contributed by atoms with E-state index in [-0.39, 0.29) is 12.4 Å². The van der Waals surface area contributed by atoms with Crippen molar-refractivity contribution in [2.24, 2.45) is 0 Å². The monoisotopic (exact) mass is 345 g/mol. The van der Waals surface area contributed by atoms with Gasteiger partial charge in [-0.1, -0.05) is 18.2 Å². The van der Waals surface area contributed by atoms with Crippen molar-refractivity contribution in [2.45, 2.75) is 0 Å². The van der Waals surface area contributed by atoms with Crippen LogP contribution >= 0.6 is 0 Å². The first kappa shape index (κ1) is 18.4. The van der Waals surface area contributed by atoms with Crippen LogP contribution in [-0.4, -0.2) is 43.6 Å². The quantitative estimate of drug-likeness (QED) is 0.809. The van der Waals surface area contributed by atoms with Crippen molar-refractivity contribution >= 4 is 17.6 Å². The SMILES string of the molecule is CN(CCOc1ccc(F)cc1)CC(=O)NC(=O)Nc1ccccc1. The minimum absolute atomic E-state index is 0.0506. The number of para-hydroxylation sites is 1. The molecule has 0 heterocycles. The van der Waals surface area contributed by atoms with E-state index < -0.39 is 11.9 Å². The van der Waals surface area contributed by atoms with Crippen LogP contribution in [0.25, 0.3) is 0 Å². The van der Waals surface area contributed by atoms with E-state index in [0.717, 1.165) is 0 Å². The second kappa shape index (κ2) is 9.39. The number of urea groups is 1. The Hall–Kier alpha value is -2.93. The Morgan fingerprint density at radius 3 is 2.44 bits per heavy atom. The molecule has 25 heavy (non-hydrogen) atoms. The summed E-state index contributed by atoms with van der Waals surface area (Å²) in [6, 6.07) is 14.0. The molecule has 0 saturated carbocycles. The summed E-state index contributed by atoms with van der Waals surface area (Å²) in [5.74, 6) is -0.186. The molecule has 0 unspecified atom stereocenters. The Morgan fingerprint density at radius 2 is 1.76 bits per heavy atom. The highest BCUT2D eigenvalue weighted by atomic mass is 19.1. The zero-order chi connectivity index (χ0) is 18.1. The fourth-order valence-corrected chi connectivity index (χ4v) is 2.02. The molecule has 0 bridgehead atoms. The van der Waals surface area contributed by atoms with E-state index >= 15 is 0 Å². The molecule has 2 aromatic rings. The number of benzene rings is 2. The minimum atomic E-state index is -0.577. The largest absolute Gasteiger partial charge is 0.492 e. The number of likely N-dealkylation sites (N-methyl/N-ethyl adjacent to an activating group) is 1. The number of rotatable bonds is 7.